The Bertz CT molecular complexity index is 229. The second-order valence-corrected chi connectivity index (χ2v) is 6.33. The molecule has 5 unspecified atom stereocenters. The summed E-state index contributed by atoms with van der Waals surface area (Å²) >= 11 is 0. The Morgan fingerprint density at radius 2 is 1.88 bits per heavy atom. The van der Waals surface area contributed by atoms with E-state index in [-0.39, 0.29) is 0 Å². The standard InChI is InChI=1S/C14H28N2/c1-10-4-5-13(8-10)9-16-7-6-14(15)11(2)12(16)3/h10-14H,4-9,15H2,1-3H3. The molecule has 1 saturated carbocycles. The number of hydrogen-bond acceptors (Lipinski definition) is 2. The van der Waals surface area contributed by atoms with Gasteiger partial charge in [0.15, 0.2) is 0 Å². The van der Waals surface area contributed by atoms with E-state index in [1.165, 1.54) is 38.8 Å². The molecule has 2 nitrogen and oxygen atoms in total. The summed E-state index contributed by atoms with van der Waals surface area (Å²) in [4.78, 5) is 2.69. The van der Waals surface area contributed by atoms with Crippen molar-refractivity contribution in [3.63, 3.8) is 0 Å². The molecule has 0 amide bonds. The van der Waals surface area contributed by atoms with Gasteiger partial charge in [-0.3, -0.25) is 0 Å². The number of piperidine rings is 1. The predicted molar refractivity (Wildman–Crippen MR) is 69.3 cm³/mol. The van der Waals surface area contributed by atoms with Gasteiger partial charge in [0.2, 0.25) is 0 Å². The summed E-state index contributed by atoms with van der Waals surface area (Å²) in [6, 6.07) is 1.11. The number of rotatable bonds is 2. The first-order valence-electron chi connectivity index (χ1n) is 7.07. The lowest BCUT2D eigenvalue weighted by molar-refractivity contribution is 0.0818. The van der Waals surface area contributed by atoms with Crippen LogP contribution in [0.2, 0.25) is 0 Å². The minimum absolute atomic E-state index is 0.425. The van der Waals surface area contributed by atoms with E-state index in [2.05, 4.69) is 25.7 Å². The second-order valence-electron chi connectivity index (χ2n) is 6.33. The third kappa shape index (κ3) is 2.60. The molecule has 2 N–H and O–H groups in total. The minimum Gasteiger partial charge on any atom is -0.327 e. The van der Waals surface area contributed by atoms with Gasteiger partial charge in [0, 0.05) is 18.6 Å². The molecule has 94 valence electrons. The Morgan fingerprint density at radius 1 is 1.12 bits per heavy atom. The van der Waals surface area contributed by atoms with Crippen molar-refractivity contribution < 1.29 is 0 Å². The van der Waals surface area contributed by atoms with Crippen molar-refractivity contribution >= 4 is 0 Å². The van der Waals surface area contributed by atoms with Gasteiger partial charge in [-0.15, -0.1) is 0 Å². The molecule has 1 aliphatic carbocycles. The monoisotopic (exact) mass is 224 g/mol. The zero-order valence-corrected chi connectivity index (χ0v) is 11.2. The summed E-state index contributed by atoms with van der Waals surface area (Å²) in [5.74, 6) is 2.58. The molecule has 0 aromatic heterocycles. The van der Waals surface area contributed by atoms with Gasteiger partial charge in [-0.1, -0.05) is 20.3 Å². The Morgan fingerprint density at radius 3 is 2.50 bits per heavy atom. The van der Waals surface area contributed by atoms with Crippen LogP contribution in [0.3, 0.4) is 0 Å². The Balaban J connectivity index is 1.85. The number of nitrogens with two attached hydrogens (primary N) is 1. The molecule has 0 radical (unpaired) electrons. The van der Waals surface area contributed by atoms with Crippen LogP contribution in [0.5, 0.6) is 0 Å². The van der Waals surface area contributed by atoms with E-state index in [0.29, 0.717) is 18.0 Å². The van der Waals surface area contributed by atoms with Crippen molar-refractivity contribution in [3.8, 4) is 0 Å². The number of nitrogens with zero attached hydrogens (tertiary/aromatic N) is 1. The average molecular weight is 224 g/mol. The first kappa shape index (κ1) is 12.4. The minimum atomic E-state index is 0.425. The van der Waals surface area contributed by atoms with Crippen molar-refractivity contribution in [1.29, 1.82) is 0 Å². The fraction of sp³-hybridized carbons (Fsp3) is 1.00. The quantitative estimate of drug-likeness (QED) is 0.781. The van der Waals surface area contributed by atoms with Crippen LogP contribution in [0.4, 0.5) is 0 Å². The van der Waals surface area contributed by atoms with E-state index in [1.807, 2.05) is 0 Å². The van der Waals surface area contributed by atoms with E-state index in [1.54, 1.807) is 0 Å². The topological polar surface area (TPSA) is 29.3 Å². The molecule has 2 heteroatoms. The summed E-state index contributed by atoms with van der Waals surface area (Å²) < 4.78 is 0. The van der Waals surface area contributed by atoms with Crippen LogP contribution in [-0.4, -0.2) is 30.1 Å². The Labute approximate surface area is 101 Å². The number of likely N-dealkylation sites (tertiary alicyclic amines) is 1. The maximum atomic E-state index is 6.13. The van der Waals surface area contributed by atoms with Gasteiger partial charge in [-0.2, -0.15) is 0 Å². The van der Waals surface area contributed by atoms with E-state index in [9.17, 15) is 0 Å². The summed E-state index contributed by atoms with van der Waals surface area (Å²) in [7, 11) is 0. The third-order valence-corrected chi connectivity index (χ3v) is 5.06. The molecular formula is C14H28N2. The summed E-state index contributed by atoms with van der Waals surface area (Å²) in [6.07, 6.45) is 5.53. The molecule has 2 fully saturated rings. The highest BCUT2D eigenvalue weighted by atomic mass is 15.2. The summed E-state index contributed by atoms with van der Waals surface area (Å²) in [6.45, 7) is 9.62. The first-order chi connectivity index (χ1) is 7.58. The van der Waals surface area contributed by atoms with Crippen LogP contribution in [0.25, 0.3) is 0 Å². The molecule has 0 aromatic rings. The highest BCUT2D eigenvalue weighted by Crippen LogP contribution is 2.32. The van der Waals surface area contributed by atoms with Gasteiger partial charge in [0.05, 0.1) is 0 Å². The van der Waals surface area contributed by atoms with Gasteiger partial charge < -0.3 is 10.6 Å². The van der Waals surface area contributed by atoms with Crippen molar-refractivity contribution in [2.45, 2.75) is 58.5 Å². The maximum absolute atomic E-state index is 6.13. The molecule has 0 spiro atoms. The maximum Gasteiger partial charge on any atom is 0.0107 e. The molecule has 16 heavy (non-hydrogen) atoms. The molecule has 0 aromatic carbocycles. The van der Waals surface area contributed by atoms with Crippen LogP contribution >= 0.6 is 0 Å². The molecule has 5 atom stereocenters. The van der Waals surface area contributed by atoms with Crippen molar-refractivity contribution in [2.24, 2.45) is 23.5 Å². The van der Waals surface area contributed by atoms with Gasteiger partial charge in [0.25, 0.3) is 0 Å². The van der Waals surface area contributed by atoms with Crippen LogP contribution in [0.15, 0.2) is 0 Å². The van der Waals surface area contributed by atoms with Crippen LogP contribution < -0.4 is 5.73 Å². The molecule has 1 saturated heterocycles. The van der Waals surface area contributed by atoms with E-state index >= 15 is 0 Å². The molecule has 2 aliphatic rings. The Hall–Kier alpha value is -0.0800. The lowest BCUT2D eigenvalue weighted by Crippen LogP contribution is -2.52. The molecular weight excluding hydrogens is 196 g/mol. The molecule has 1 aliphatic heterocycles. The second kappa shape index (κ2) is 5.05. The zero-order valence-electron chi connectivity index (χ0n) is 11.2. The van der Waals surface area contributed by atoms with E-state index in [4.69, 9.17) is 5.73 Å². The highest BCUT2D eigenvalue weighted by molar-refractivity contribution is 4.88. The van der Waals surface area contributed by atoms with Gasteiger partial charge in [0.1, 0.15) is 0 Å². The van der Waals surface area contributed by atoms with Crippen LogP contribution in [0.1, 0.15) is 46.5 Å². The fourth-order valence-corrected chi connectivity index (χ4v) is 3.55. The third-order valence-electron chi connectivity index (χ3n) is 5.06. The highest BCUT2D eigenvalue weighted by Gasteiger charge is 2.32. The first-order valence-corrected chi connectivity index (χ1v) is 7.07. The van der Waals surface area contributed by atoms with Crippen molar-refractivity contribution in [1.82, 2.24) is 4.90 Å². The predicted octanol–water partition coefficient (Wildman–Crippen LogP) is 2.48. The average Bonchev–Trinajstić information content (AvgIpc) is 2.65. The van der Waals surface area contributed by atoms with Crippen molar-refractivity contribution in [3.05, 3.63) is 0 Å². The largest absolute Gasteiger partial charge is 0.327 e. The van der Waals surface area contributed by atoms with Gasteiger partial charge in [-0.25, -0.2) is 0 Å². The number of hydrogen-bond donors (Lipinski definition) is 1. The van der Waals surface area contributed by atoms with Crippen molar-refractivity contribution in [2.75, 3.05) is 13.1 Å². The molecule has 1 heterocycles. The summed E-state index contributed by atoms with van der Waals surface area (Å²) in [5.41, 5.74) is 6.13. The lowest BCUT2D eigenvalue weighted by atomic mass is 9.87. The summed E-state index contributed by atoms with van der Waals surface area (Å²) in [5, 5.41) is 0. The lowest BCUT2D eigenvalue weighted by Gasteiger charge is -2.42. The van der Waals surface area contributed by atoms with Gasteiger partial charge >= 0.3 is 0 Å². The zero-order chi connectivity index (χ0) is 11.7. The van der Waals surface area contributed by atoms with Crippen LogP contribution in [0, 0.1) is 17.8 Å². The van der Waals surface area contributed by atoms with Crippen LogP contribution in [-0.2, 0) is 0 Å². The SMILES string of the molecule is CC1CCC(CN2CCC(N)C(C)C2C)C1. The Kier molecular flexibility index (Phi) is 3.91. The molecule has 2 rings (SSSR count). The fourth-order valence-electron chi connectivity index (χ4n) is 3.55. The molecule has 0 bridgehead atoms. The van der Waals surface area contributed by atoms with E-state index < -0.39 is 0 Å². The van der Waals surface area contributed by atoms with Gasteiger partial charge in [-0.05, 0) is 50.5 Å². The van der Waals surface area contributed by atoms with E-state index in [0.717, 1.165) is 11.8 Å². The normalized spacial score (nSPS) is 46.1. The smallest absolute Gasteiger partial charge is 0.0107 e.